The van der Waals surface area contributed by atoms with E-state index < -0.39 is 0 Å². The first-order valence-corrected chi connectivity index (χ1v) is 30.8. The van der Waals surface area contributed by atoms with Gasteiger partial charge in [-0.2, -0.15) is 0 Å². The van der Waals surface area contributed by atoms with Crippen LogP contribution in [0, 0.1) is 0 Å². The third-order valence-electron chi connectivity index (χ3n) is 18.9. The number of hydrogen-bond donors (Lipinski definition) is 0. The number of ether oxygens (including phenoxy) is 2. The van der Waals surface area contributed by atoms with Crippen LogP contribution in [0.3, 0.4) is 0 Å². The Balaban J connectivity index is 0.000000134. The first-order valence-electron chi connectivity index (χ1n) is 30.8. The van der Waals surface area contributed by atoms with Gasteiger partial charge in [0.15, 0.2) is 0 Å². The van der Waals surface area contributed by atoms with Gasteiger partial charge in [-0.3, -0.25) is 0 Å². The molecule has 0 N–H and O–H groups in total. The second kappa shape index (κ2) is 20.4. The molecule has 0 saturated heterocycles. The van der Waals surface area contributed by atoms with Gasteiger partial charge in [0.05, 0.1) is 0 Å². The predicted molar refractivity (Wildman–Crippen MR) is 376 cm³/mol. The standard InChI is InChI=1S/C44H28BNO.C39H26BNO/c1-4-15-29(16-5-1)40-34-23-12-10-19-31(34)27-36-43(40)46(33-21-8-3-9-22-33)38-25-14-26-39-42(38)45(36)37-28-32-20-11-13-24-35(32)41(44(37)47-39)30-17-6-2-7-18-30;1-41-33-21-12-22-34-37(33)40(31-23-27-17-8-10-19-29(27)35(38(31)41)25-13-4-2-5-14-25)32-24-28-18-9-11-20-30(28)36(39(32)42-34)26-15-6-3-7-16-26/h1-28H;2-24H,1H3. The lowest BCUT2D eigenvalue weighted by atomic mass is 9.33. The molecule has 4 aliphatic heterocycles. The van der Waals surface area contributed by atoms with Crippen LogP contribution in [-0.4, -0.2) is 20.5 Å². The molecule has 15 aromatic rings. The van der Waals surface area contributed by atoms with Crippen molar-refractivity contribution >= 4 is 118 Å². The molecule has 4 aliphatic rings. The van der Waals surface area contributed by atoms with E-state index in [0.29, 0.717) is 0 Å². The molecule has 4 heterocycles. The number of nitrogens with zero attached hydrogens (tertiary/aromatic N) is 2. The zero-order valence-electron chi connectivity index (χ0n) is 48.8. The Labute approximate surface area is 517 Å². The summed E-state index contributed by atoms with van der Waals surface area (Å²) in [6.07, 6.45) is 0. The smallest absolute Gasteiger partial charge is 0.256 e. The average Bonchev–Trinajstić information content (AvgIpc) is 0.760. The number of hydrogen-bond acceptors (Lipinski definition) is 4. The van der Waals surface area contributed by atoms with Gasteiger partial charge >= 0.3 is 0 Å². The van der Waals surface area contributed by atoms with Crippen molar-refractivity contribution < 1.29 is 9.47 Å². The minimum Gasteiger partial charge on any atom is -0.458 e. The summed E-state index contributed by atoms with van der Waals surface area (Å²) in [5.74, 6) is 3.75. The van der Waals surface area contributed by atoms with Crippen LogP contribution in [0.5, 0.6) is 23.0 Å². The molecule has 0 radical (unpaired) electrons. The van der Waals surface area contributed by atoms with E-state index in [9.17, 15) is 0 Å². The van der Waals surface area contributed by atoms with Gasteiger partial charge in [-0.15, -0.1) is 0 Å². The van der Waals surface area contributed by atoms with Crippen LogP contribution < -0.4 is 52.1 Å². The summed E-state index contributed by atoms with van der Waals surface area (Å²) >= 11 is 0. The minimum absolute atomic E-state index is 0.0287. The van der Waals surface area contributed by atoms with Gasteiger partial charge in [-0.1, -0.05) is 273 Å². The van der Waals surface area contributed by atoms with E-state index in [1.165, 1.54) is 121 Å². The highest BCUT2D eigenvalue weighted by Crippen LogP contribution is 2.50. The van der Waals surface area contributed by atoms with E-state index in [0.717, 1.165) is 51.1 Å². The van der Waals surface area contributed by atoms with Crippen molar-refractivity contribution in [3.05, 3.63) is 309 Å². The highest BCUT2D eigenvalue weighted by atomic mass is 16.5. The quantitative estimate of drug-likeness (QED) is 0.160. The van der Waals surface area contributed by atoms with Crippen molar-refractivity contribution in [2.75, 3.05) is 16.8 Å². The molecule has 0 unspecified atom stereocenters. The minimum atomic E-state index is -0.0287. The van der Waals surface area contributed by atoms with Gasteiger partial charge in [0.25, 0.3) is 13.4 Å². The Kier molecular flexibility index (Phi) is 11.7. The van der Waals surface area contributed by atoms with Gasteiger partial charge < -0.3 is 19.3 Å². The van der Waals surface area contributed by atoms with Crippen LogP contribution in [0.25, 0.3) is 87.6 Å². The Morgan fingerprint density at radius 2 is 0.607 bits per heavy atom. The number of para-hydroxylation sites is 1. The van der Waals surface area contributed by atoms with E-state index in [1.807, 2.05) is 0 Å². The molecule has 0 atom stereocenters. The van der Waals surface area contributed by atoms with E-state index in [4.69, 9.17) is 9.47 Å². The molecule has 0 spiro atoms. The molecule has 0 amide bonds. The maximum absolute atomic E-state index is 7.09. The summed E-state index contributed by atoms with van der Waals surface area (Å²) in [7, 11) is 2.21. The van der Waals surface area contributed by atoms with Crippen LogP contribution in [-0.2, 0) is 0 Å². The van der Waals surface area contributed by atoms with Crippen molar-refractivity contribution in [2.24, 2.45) is 0 Å². The Morgan fingerprint density at radius 3 is 1.04 bits per heavy atom. The molecular formula is C83H54B2N2O2. The topological polar surface area (TPSA) is 24.9 Å². The second-order valence-electron chi connectivity index (χ2n) is 23.7. The fourth-order valence-electron chi connectivity index (χ4n) is 15.3. The zero-order chi connectivity index (χ0) is 58.7. The zero-order valence-corrected chi connectivity index (χ0v) is 48.8. The first kappa shape index (κ1) is 50.9. The molecule has 0 saturated carbocycles. The molecule has 6 heteroatoms. The van der Waals surface area contributed by atoms with Crippen molar-refractivity contribution in [3.63, 3.8) is 0 Å². The summed E-state index contributed by atoms with van der Waals surface area (Å²) in [5.41, 5.74) is 23.0. The van der Waals surface area contributed by atoms with E-state index in [-0.39, 0.29) is 13.4 Å². The van der Waals surface area contributed by atoms with E-state index in [1.54, 1.807) is 0 Å². The SMILES string of the molecule is CN1c2cccc3c2B(c2cc4ccccc4c(-c4ccccc4)c2O3)c2cc3ccccc3c(-c3ccccc3)c21.c1ccc(-c2c3c(cc4ccccc24)B2c4cc5ccccc5c(-c5ccccc5)c4N(c4ccccc4)c4cccc(c42)O3)cc1. The second-order valence-corrected chi connectivity index (χ2v) is 23.7. The summed E-state index contributed by atoms with van der Waals surface area (Å²) in [5, 5.41) is 9.84. The van der Waals surface area contributed by atoms with Crippen LogP contribution in [0.1, 0.15) is 0 Å². The van der Waals surface area contributed by atoms with Crippen molar-refractivity contribution in [3.8, 4) is 67.5 Å². The molecular weight excluding hydrogens is 1080 g/mol. The fraction of sp³-hybridized carbons (Fsp3) is 0.0120. The van der Waals surface area contributed by atoms with E-state index >= 15 is 0 Å². The van der Waals surface area contributed by atoms with Gasteiger partial charge in [0.2, 0.25) is 0 Å². The Morgan fingerprint density at radius 1 is 0.281 bits per heavy atom. The van der Waals surface area contributed by atoms with Crippen molar-refractivity contribution in [2.45, 2.75) is 0 Å². The Hall–Kier alpha value is -11.3. The number of benzene rings is 15. The normalized spacial score (nSPS) is 12.9. The van der Waals surface area contributed by atoms with Crippen LogP contribution >= 0.6 is 0 Å². The highest BCUT2D eigenvalue weighted by molar-refractivity contribution is 7.00. The van der Waals surface area contributed by atoms with Crippen molar-refractivity contribution in [1.29, 1.82) is 0 Å². The summed E-state index contributed by atoms with van der Waals surface area (Å²) in [6.45, 7) is 0.00401. The number of fused-ring (bicyclic) bond motifs is 12. The fourth-order valence-corrected chi connectivity index (χ4v) is 15.3. The van der Waals surface area contributed by atoms with Gasteiger partial charge in [0, 0.05) is 57.7 Å². The molecule has 0 aromatic heterocycles. The third-order valence-corrected chi connectivity index (χ3v) is 18.9. The molecule has 15 aromatic carbocycles. The molecule has 0 aliphatic carbocycles. The third kappa shape index (κ3) is 7.90. The van der Waals surface area contributed by atoms with Crippen LogP contribution in [0.2, 0.25) is 0 Å². The average molecular weight is 1130 g/mol. The van der Waals surface area contributed by atoms with Crippen molar-refractivity contribution in [1.82, 2.24) is 0 Å². The summed E-state index contributed by atoms with van der Waals surface area (Å²) < 4.78 is 14.0. The van der Waals surface area contributed by atoms with E-state index in [2.05, 4.69) is 326 Å². The lowest BCUT2D eigenvalue weighted by molar-refractivity contribution is 0.489. The number of rotatable bonds is 5. The Bertz CT molecular complexity index is 5350. The molecule has 0 bridgehead atoms. The largest absolute Gasteiger partial charge is 0.458 e. The van der Waals surface area contributed by atoms with Crippen LogP contribution in [0.15, 0.2) is 309 Å². The summed E-state index contributed by atoms with van der Waals surface area (Å²) in [6, 6.07) is 112. The lowest BCUT2D eigenvalue weighted by Crippen LogP contribution is -2.59. The maximum Gasteiger partial charge on any atom is 0.256 e. The molecule has 4 nitrogen and oxygen atoms in total. The number of anilines is 5. The van der Waals surface area contributed by atoms with Gasteiger partial charge in [-0.05, 0) is 135 Å². The first-order chi connectivity index (χ1) is 44.1. The lowest BCUT2D eigenvalue weighted by Gasteiger charge is -2.42. The molecule has 0 fully saturated rings. The molecule has 414 valence electrons. The highest BCUT2D eigenvalue weighted by Gasteiger charge is 2.46. The van der Waals surface area contributed by atoms with Gasteiger partial charge in [0.1, 0.15) is 23.0 Å². The van der Waals surface area contributed by atoms with Crippen LogP contribution in [0.4, 0.5) is 28.4 Å². The monoisotopic (exact) mass is 1130 g/mol. The maximum atomic E-state index is 7.09. The molecule has 19 rings (SSSR count). The summed E-state index contributed by atoms with van der Waals surface area (Å²) in [4.78, 5) is 4.85. The van der Waals surface area contributed by atoms with Gasteiger partial charge in [-0.25, -0.2) is 0 Å². The predicted octanol–water partition coefficient (Wildman–Crippen LogP) is 17.8. The molecule has 89 heavy (non-hydrogen) atoms.